The molecule has 2 fully saturated rings. The lowest BCUT2D eigenvalue weighted by molar-refractivity contribution is -0.380. The molecule has 1 aromatic rings. The number of carbonyl (C=O) groups is 2. The molecular formula is C16H22N4O5S. The Labute approximate surface area is 154 Å². The van der Waals surface area contributed by atoms with E-state index in [0.717, 1.165) is 24.2 Å². The third-order valence-corrected chi connectivity index (χ3v) is 5.94. The van der Waals surface area contributed by atoms with Gasteiger partial charge < -0.3 is 20.3 Å². The van der Waals surface area contributed by atoms with Crippen LogP contribution >= 0.6 is 11.3 Å². The molecule has 0 aliphatic carbocycles. The number of amides is 2. The molecule has 2 aliphatic heterocycles. The van der Waals surface area contributed by atoms with Crippen molar-refractivity contribution in [1.82, 2.24) is 9.80 Å². The second-order valence-corrected chi connectivity index (χ2v) is 7.55. The van der Waals surface area contributed by atoms with Gasteiger partial charge in [0.25, 0.3) is 5.91 Å². The van der Waals surface area contributed by atoms with E-state index < -0.39 is 11.0 Å². The molecule has 2 aliphatic rings. The number of nitrogens with two attached hydrogens (primary N) is 1. The summed E-state index contributed by atoms with van der Waals surface area (Å²) in [4.78, 5) is 39.0. The third kappa shape index (κ3) is 4.02. The van der Waals surface area contributed by atoms with Crippen LogP contribution in [0.2, 0.25) is 0 Å². The summed E-state index contributed by atoms with van der Waals surface area (Å²) in [5.41, 5.74) is 6.15. The summed E-state index contributed by atoms with van der Waals surface area (Å²) in [6, 6.07) is 2.29. The molecular weight excluding hydrogens is 360 g/mol. The first-order valence-corrected chi connectivity index (χ1v) is 9.44. The number of nitro groups is 1. The molecule has 2 N–H and O–H groups in total. The van der Waals surface area contributed by atoms with Crippen molar-refractivity contribution in [3.05, 3.63) is 27.1 Å². The van der Waals surface area contributed by atoms with Gasteiger partial charge in [-0.15, -0.1) is 0 Å². The largest absolute Gasteiger partial charge is 0.381 e. The van der Waals surface area contributed by atoms with Gasteiger partial charge in [0, 0.05) is 45.5 Å². The van der Waals surface area contributed by atoms with Crippen LogP contribution in [-0.4, -0.2) is 72.0 Å². The van der Waals surface area contributed by atoms with E-state index in [9.17, 15) is 19.7 Å². The van der Waals surface area contributed by atoms with E-state index in [1.807, 2.05) is 0 Å². The van der Waals surface area contributed by atoms with Gasteiger partial charge in [0.1, 0.15) is 0 Å². The second-order valence-electron chi connectivity index (χ2n) is 6.49. The van der Waals surface area contributed by atoms with Crippen molar-refractivity contribution in [2.24, 2.45) is 11.7 Å². The van der Waals surface area contributed by atoms with E-state index in [1.165, 1.54) is 12.1 Å². The lowest BCUT2D eigenvalue weighted by Gasteiger charge is -2.37. The van der Waals surface area contributed by atoms with Crippen LogP contribution in [0.4, 0.5) is 5.00 Å². The fourth-order valence-corrected chi connectivity index (χ4v) is 4.10. The number of ether oxygens (including phenoxy) is 1. The van der Waals surface area contributed by atoms with Crippen molar-refractivity contribution in [1.29, 1.82) is 0 Å². The van der Waals surface area contributed by atoms with Crippen LogP contribution in [0.5, 0.6) is 0 Å². The van der Waals surface area contributed by atoms with Gasteiger partial charge in [-0.1, -0.05) is 11.3 Å². The minimum atomic E-state index is -0.527. The molecule has 142 valence electrons. The SMILES string of the molecule is NC(C(=O)N1CCN(C(=O)c2ccc([N+](=O)[O-])s2)CC1)C1CCOCC1. The van der Waals surface area contributed by atoms with E-state index in [0.29, 0.717) is 44.3 Å². The van der Waals surface area contributed by atoms with Gasteiger partial charge in [-0.05, 0) is 24.8 Å². The van der Waals surface area contributed by atoms with Crippen LogP contribution in [0.25, 0.3) is 0 Å². The lowest BCUT2D eigenvalue weighted by Crippen LogP contribution is -2.56. The molecule has 0 radical (unpaired) electrons. The number of nitrogens with zero attached hydrogens (tertiary/aromatic N) is 3. The summed E-state index contributed by atoms with van der Waals surface area (Å²) in [5, 5.41) is 10.7. The highest BCUT2D eigenvalue weighted by atomic mass is 32.1. The Morgan fingerprint density at radius 2 is 1.81 bits per heavy atom. The van der Waals surface area contributed by atoms with E-state index in [2.05, 4.69) is 0 Å². The summed E-state index contributed by atoms with van der Waals surface area (Å²) in [7, 11) is 0. The molecule has 0 bridgehead atoms. The van der Waals surface area contributed by atoms with Crippen molar-refractivity contribution < 1.29 is 19.2 Å². The second kappa shape index (κ2) is 8.11. The molecule has 9 nitrogen and oxygen atoms in total. The molecule has 3 heterocycles. The highest BCUT2D eigenvalue weighted by Crippen LogP contribution is 2.25. The summed E-state index contributed by atoms with van der Waals surface area (Å²) in [6.45, 7) is 2.93. The fourth-order valence-electron chi connectivity index (χ4n) is 3.31. The molecule has 1 atom stereocenters. The maximum absolute atomic E-state index is 12.6. The van der Waals surface area contributed by atoms with Crippen molar-refractivity contribution in [3.8, 4) is 0 Å². The van der Waals surface area contributed by atoms with Crippen LogP contribution < -0.4 is 5.73 Å². The molecule has 1 unspecified atom stereocenters. The number of hydrogen-bond acceptors (Lipinski definition) is 7. The predicted molar refractivity (Wildman–Crippen MR) is 95.0 cm³/mol. The minimum Gasteiger partial charge on any atom is -0.381 e. The Bertz CT molecular complexity index is 680. The van der Waals surface area contributed by atoms with Crippen LogP contribution in [0.15, 0.2) is 12.1 Å². The Morgan fingerprint density at radius 1 is 1.19 bits per heavy atom. The fraction of sp³-hybridized carbons (Fsp3) is 0.625. The lowest BCUT2D eigenvalue weighted by atomic mass is 9.91. The molecule has 0 aromatic carbocycles. The molecule has 26 heavy (non-hydrogen) atoms. The van der Waals surface area contributed by atoms with Gasteiger partial charge in [0.2, 0.25) is 5.91 Å². The first-order valence-electron chi connectivity index (χ1n) is 8.63. The van der Waals surface area contributed by atoms with Gasteiger partial charge in [-0.2, -0.15) is 0 Å². The average molecular weight is 382 g/mol. The number of carbonyl (C=O) groups excluding carboxylic acids is 2. The van der Waals surface area contributed by atoms with Crippen LogP contribution in [0.3, 0.4) is 0 Å². The molecule has 3 rings (SSSR count). The van der Waals surface area contributed by atoms with Crippen LogP contribution in [-0.2, 0) is 9.53 Å². The maximum Gasteiger partial charge on any atom is 0.324 e. The molecule has 1 aromatic heterocycles. The number of rotatable bonds is 4. The van der Waals surface area contributed by atoms with Crippen LogP contribution in [0, 0.1) is 16.0 Å². The topological polar surface area (TPSA) is 119 Å². The Kier molecular flexibility index (Phi) is 5.84. The third-order valence-electron chi connectivity index (χ3n) is 4.92. The van der Waals surface area contributed by atoms with E-state index >= 15 is 0 Å². The molecule has 2 amide bonds. The predicted octanol–water partition coefficient (Wildman–Crippen LogP) is 0.695. The Morgan fingerprint density at radius 3 is 2.38 bits per heavy atom. The smallest absolute Gasteiger partial charge is 0.324 e. The van der Waals surface area contributed by atoms with E-state index in [4.69, 9.17) is 10.5 Å². The van der Waals surface area contributed by atoms with Crippen molar-refractivity contribution >= 4 is 28.2 Å². The zero-order chi connectivity index (χ0) is 18.7. The Hall–Kier alpha value is -2.04. The number of piperazine rings is 1. The highest BCUT2D eigenvalue weighted by molar-refractivity contribution is 7.17. The summed E-state index contributed by atoms with van der Waals surface area (Å²) in [6.07, 6.45) is 1.59. The van der Waals surface area contributed by atoms with Gasteiger partial charge in [0.05, 0.1) is 15.8 Å². The normalized spacial score (nSPS) is 20.0. The zero-order valence-corrected chi connectivity index (χ0v) is 15.2. The van der Waals surface area contributed by atoms with Crippen molar-refractivity contribution in [3.63, 3.8) is 0 Å². The highest BCUT2D eigenvalue weighted by Gasteiger charge is 2.32. The number of hydrogen-bond donors (Lipinski definition) is 1. The summed E-state index contributed by atoms with van der Waals surface area (Å²) < 4.78 is 5.31. The quantitative estimate of drug-likeness (QED) is 0.605. The Balaban J connectivity index is 1.53. The molecule has 2 saturated heterocycles. The molecule has 0 saturated carbocycles. The van der Waals surface area contributed by atoms with Gasteiger partial charge in [-0.3, -0.25) is 19.7 Å². The molecule has 0 spiro atoms. The summed E-state index contributed by atoms with van der Waals surface area (Å²) in [5.74, 6) is -0.165. The van der Waals surface area contributed by atoms with Crippen LogP contribution in [0.1, 0.15) is 22.5 Å². The first kappa shape index (κ1) is 18.7. The molecule has 10 heteroatoms. The average Bonchev–Trinajstić information content (AvgIpc) is 3.17. The summed E-state index contributed by atoms with van der Waals surface area (Å²) >= 11 is 0.871. The zero-order valence-electron chi connectivity index (χ0n) is 14.3. The standard InChI is InChI=1S/C16H22N4O5S/c17-14(11-3-9-25-10-4-11)16(22)19-7-5-18(6-8-19)15(21)12-1-2-13(26-12)20(23)24/h1-2,11,14H,3-10,17H2. The van der Waals surface area contributed by atoms with E-state index in [-0.39, 0.29) is 22.7 Å². The van der Waals surface area contributed by atoms with Gasteiger partial charge >= 0.3 is 5.00 Å². The monoisotopic (exact) mass is 382 g/mol. The van der Waals surface area contributed by atoms with E-state index in [1.54, 1.807) is 9.80 Å². The van der Waals surface area contributed by atoms with Gasteiger partial charge in [-0.25, -0.2) is 0 Å². The van der Waals surface area contributed by atoms with Gasteiger partial charge in [0.15, 0.2) is 0 Å². The number of thiophene rings is 1. The van der Waals surface area contributed by atoms with Crippen molar-refractivity contribution in [2.75, 3.05) is 39.4 Å². The maximum atomic E-state index is 12.6. The first-order chi connectivity index (χ1) is 12.5. The minimum absolute atomic E-state index is 0.0513. The van der Waals surface area contributed by atoms with Crippen molar-refractivity contribution in [2.45, 2.75) is 18.9 Å².